The Balaban J connectivity index is 1.69. The summed E-state index contributed by atoms with van der Waals surface area (Å²) in [5.41, 5.74) is 6.38. The van der Waals surface area contributed by atoms with Crippen LogP contribution in [0.3, 0.4) is 0 Å². The summed E-state index contributed by atoms with van der Waals surface area (Å²) in [6, 6.07) is 5.87. The van der Waals surface area contributed by atoms with Gasteiger partial charge in [0.25, 0.3) is 5.82 Å². The maximum Gasteiger partial charge on any atom is 0.289 e. The summed E-state index contributed by atoms with van der Waals surface area (Å²) >= 11 is 1.29. The predicted octanol–water partition coefficient (Wildman–Crippen LogP) is 2.10. The van der Waals surface area contributed by atoms with Gasteiger partial charge in [-0.3, -0.25) is 10.5 Å². The number of nitrogen functional groups attached to an aromatic ring is 1. The zero-order valence-corrected chi connectivity index (χ0v) is 14.9. The fraction of sp³-hybridized carbons (Fsp3) is 0.556. The summed E-state index contributed by atoms with van der Waals surface area (Å²) in [5, 5.41) is 18.8. The highest BCUT2D eigenvalue weighted by Gasteiger charge is 2.35. The third kappa shape index (κ3) is 3.72. The van der Waals surface area contributed by atoms with Gasteiger partial charge >= 0.3 is 0 Å². The summed E-state index contributed by atoms with van der Waals surface area (Å²) in [5.74, 6) is 1.28. The Kier molecular flexibility index (Phi) is 5.45. The first-order valence-electron chi connectivity index (χ1n) is 8.72. The topological polar surface area (TPSA) is 108 Å². The lowest BCUT2D eigenvalue weighted by Gasteiger charge is -2.44. The molecule has 0 aromatic carbocycles. The molecule has 1 aromatic rings. The maximum absolute atomic E-state index is 12.8. The molecule has 1 saturated heterocycles. The number of carbonyl (C=O) groups excluding carboxylic acids is 1. The zero-order valence-electron chi connectivity index (χ0n) is 14.1. The second-order valence-corrected chi connectivity index (χ2v) is 7.68. The molecular weight excluding hydrogens is 334 g/mol. The Morgan fingerprint density at radius 3 is 2.72 bits per heavy atom. The van der Waals surface area contributed by atoms with Crippen molar-refractivity contribution < 1.29 is 9.78 Å². The van der Waals surface area contributed by atoms with Crippen molar-refractivity contribution in [3.8, 4) is 12.1 Å². The third-order valence-electron chi connectivity index (χ3n) is 5.22. The standard InChI is InChI=1S/C18H21N5OS/c19-9-13-8-14(10-20)18(22-17(13)21)25-11-16(24)23-7-3-5-12-4-1-2-6-15(12)23/h8,12,15H,1-7,11H2,(H2,21,22)/p+1/t12-,15-/m0/s1. The molecule has 25 heavy (non-hydrogen) atoms. The molecule has 2 atom stereocenters. The normalized spacial score (nSPS) is 22.6. The summed E-state index contributed by atoms with van der Waals surface area (Å²) in [7, 11) is 0. The zero-order chi connectivity index (χ0) is 17.8. The van der Waals surface area contributed by atoms with E-state index in [2.05, 4.69) is 16.0 Å². The van der Waals surface area contributed by atoms with Crippen molar-refractivity contribution in [2.24, 2.45) is 5.92 Å². The molecule has 0 spiro atoms. The first-order valence-corrected chi connectivity index (χ1v) is 9.71. The lowest BCUT2D eigenvalue weighted by Crippen LogP contribution is -2.50. The van der Waals surface area contributed by atoms with Crippen molar-refractivity contribution in [2.75, 3.05) is 18.0 Å². The number of aromatic amines is 1. The molecule has 1 saturated carbocycles. The second-order valence-electron chi connectivity index (χ2n) is 6.69. The van der Waals surface area contributed by atoms with Crippen LogP contribution in [0.1, 0.15) is 49.7 Å². The largest absolute Gasteiger partial charge is 0.339 e. The number of nitriles is 2. The van der Waals surface area contributed by atoms with E-state index in [1.807, 2.05) is 6.07 Å². The molecular formula is C18H22N5OS+. The van der Waals surface area contributed by atoms with Gasteiger partial charge in [-0.2, -0.15) is 10.5 Å². The van der Waals surface area contributed by atoms with Gasteiger partial charge in [-0.1, -0.05) is 24.6 Å². The van der Waals surface area contributed by atoms with E-state index in [0.717, 1.165) is 19.4 Å². The molecule has 6 nitrogen and oxygen atoms in total. The van der Waals surface area contributed by atoms with Crippen LogP contribution < -0.4 is 10.7 Å². The Labute approximate surface area is 152 Å². The summed E-state index contributed by atoms with van der Waals surface area (Å²) < 4.78 is 0. The van der Waals surface area contributed by atoms with Gasteiger partial charge in [0, 0.05) is 12.6 Å². The number of pyridine rings is 1. The first-order chi connectivity index (χ1) is 12.1. The molecule has 0 bridgehead atoms. The number of nitrogens with two attached hydrogens (primary N) is 1. The minimum absolute atomic E-state index is 0.127. The number of nitrogens with zero attached hydrogens (tertiary/aromatic N) is 3. The number of rotatable bonds is 3. The fourth-order valence-electron chi connectivity index (χ4n) is 3.99. The number of H-pyrrole nitrogens is 1. The average molecular weight is 356 g/mol. The number of piperidine rings is 1. The summed E-state index contributed by atoms with van der Waals surface area (Å²) in [6.45, 7) is 0.838. The van der Waals surface area contributed by atoms with E-state index in [1.165, 1.54) is 43.5 Å². The van der Waals surface area contributed by atoms with E-state index in [0.29, 0.717) is 22.5 Å². The minimum Gasteiger partial charge on any atom is -0.339 e. The average Bonchev–Trinajstić information content (AvgIpc) is 2.65. The summed E-state index contributed by atoms with van der Waals surface area (Å²) in [6.07, 6.45) is 7.15. The van der Waals surface area contributed by atoms with Crippen LogP contribution in [0, 0.1) is 28.6 Å². The van der Waals surface area contributed by atoms with Crippen molar-refractivity contribution in [1.29, 1.82) is 10.5 Å². The molecule has 1 aromatic heterocycles. The van der Waals surface area contributed by atoms with Gasteiger partial charge in [0.1, 0.15) is 23.3 Å². The molecule has 3 N–H and O–H groups in total. The van der Waals surface area contributed by atoms with Gasteiger partial charge in [-0.25, -0.2) is 4.98 Å². The number of thioether (sulfide) groups is 1. The van der Waals surface area contributed by atoms with Gasteiger partial charge in [-0.15, -0.1) is 0 Å². The van der Waals surface area contributed by atoms with Crippen LogP contribution in [0.2, 0.25) is 0 Å². The fourth-order valence-corrected chi connectivity index (χ4v) is 4.86. The van der Waals surface area contributed by atoms with Crippen molar-refractivity contribution >= 4 is 23.5 Å². The quantitative estimate of drug-likeness (QED) is 0.834. The molecule has 130 valence electrons. The van der Waals surface area contributed by atoms with E-state index >= 15 is 0 Å². The van der Waals surface area contributed by atoms with Crippen molar-refractivity contribution in [2.45, 2.75) is 49.6 Å². The number of hydrogen-bond acceptors (Lipinski definition) is 5. The Morgan fingerprint density at radius 2 is 1.96 bits per heavy atom. The Morgan fingerprint density at radius 1 is 1.24 bits per heavy atom. The van der Waals surface area contributed by atoms with Crippen LogP contribution in [0.4, 0.5) is 5.82 Å². The molecule has 0 unspecified atom stereocenters. The number of hydrogen-bond donors (Lipinski definition) is 1. The highest BCUT2D eigenvalue weighted by molar-refractivity contribution is 7.99. The van der Waals surface area contributed by atoms with Crippen LogP contribution in [0.5, 0.6) is 0 Å². The van der Waals surface area contributed by atoms with E-state index in [4.69, 9.17) is 11.0 Å². The van der Waals surface area contributed by atoms with E-state index < -0.39 is 0 Å². The molecule has 1 amide bonds. The molecule has 2 heterocycles. The van der Waals surface area contributed by atoms with Gasteiger partial charge in [0.2, 0.25) is 5.91 Å². The predicted molar refractivity (Wildman–Crippen MR) is 94.3 cm³/mol. The SMILES string of the molecule is N#Cc1cc(C#N)c(SCC(=O)N2CCC[C@@H]3CCCC[C@@H]32)[nH+]c1N. The Hall–Kier alpha value is -2.25. The lowest BCUT2D eigenvalue weighted by molar-refractivity contribution is -0.410. The van der Waals surface area contributed by atoms with E-state index in [9.17, 15) is 10.1 Å². The number of carbonyl (C=O) groups is 1. The number of likely N-dealkylation sites (tertiary alicyclic amines) is 1. The smallest absolute Gasteiger partial charge is 0.289 e. The van der Waals surface area contributed by atoms with Gasteiger partial charge in [0.15, 0.2) is 5.03 Å². The molecule has 0 radical (unpaired) electrons. The number of amides is 1. The van der Waals surface area contributed by atoms with Crippen LogP contribution in [-0.4, -0.2) is 29.1 Å². The van der Waals surface area contributed by atoms with E-state index in [-0.39, 0.29) is 23.0 Å². The summed E-state index contributed by atoms with van der Waals surface area (Å²) in [4.78, 5) is 17.7. The van der Waals surface area contributed by atoms with Crippen molar-refractivity contribution in [3.63, 3.8) is 0 Å². The maximum atomic E-state index is 12.8. The molecule has 2 aliphatic rings. The molecule has 3 rings (SSSR count). The highest BCUT2D eigenvalue weighted by Crippen LogP contribution is 2.35. The van der Waals surface area contributed by atoms with Crippen molar-refractivity contribution in [3.05, 3.63) is 17.2 Å². The minimum atomic E-state index is 0.127. The molecule has 7 heteroatoms. The first kappa shape index (κ1) is 17.6. The van der Waals surface area contributed by atoms with Crippen LogP contribution >= 0.6 is 11.8 Å². The van der Waals surface area contributed by atoms with Gasteiger partial charge in [-0.05, 0) is 37.7 Å². The molecule has 1 aliphatic heterocycles. The number of fused-ring (bicyclic) bond motifs is 1. The van der Waals surface area contributed by atoms with Crippen LogP contribution in [-0.2, 0) is 4.79 Å². The van der Waals surface area contributed by atoms with Crippen LogP contribution in [0.25, 0.3) is 0 Å². The lowest BCUT2D eigenvalue weighted by atomic mass is 9.78. The molecule has 1 aliphatic carbocycles. The number of anilines is 1. The van der Waals surface area contributed by atoms with Crippen LogP contribution in [0.15, 0.2) is 11.1 Å². The molecule has 2 fully saturated rings. The monoisotopic (exact) mass is 356 g/mol. The highest BCUT2D eigenvalue weighted by atomic mass is 32.2. The Bertz CT molecular complexity index is 749. The third-order valence-corrected chi connectivity index (χ3v) is 6.22. The van der Waals surface area contributed by atoms with E-state index in [1.54, 1.807) is 0 Å². The van der Waals surface area contributed by atoms with Gasteiger partial charge in [0.05, 0.1) is 5.75 Å². The van der Waals surface area contributed by atoms with Crippen molar-refractivity contribution in [1.82, 2.24) is 4.90 Å². The number of aromatic nitrogens is 1. The van der Waals surface area contributed by atoms with Gasteiger partial charge < -0.3 is 4.90 Å². The second kappa shape index (κ2) is 7.76. The number of nitrogens with one attached hydrogen (secondary N) is 1.